The predicted molar refractivity (Wildman–Crippen MR) is 349 cm³/mol. The summed E-state index contributed by atoms with van der Waals surface area (Å²) in [6.07, 6.45) is -11.6. The Kier molecular flexibility index (Phi) is 32.6. The molecule has 10 atom stereocenters. The van der Waals surface area contributed by atoms with Gasteiger partial charge in [0.2, 0.25) is 33.1 Å². The van der Waals surface area contributed by atoms with Gasteiger partial charge in [0.1, 0.15) is 23.9 Å². The number of fused-ring (bicyclic) bond motifs is 1. The molecule has 1 aromatic heterocycles. The van der Waals surface area contributed by atoms with Gasteiger partial charge in [-0.25, -0.2) is 9.59 Å². The summed E-state index contributed by atoms with van der Waals surface area (Å²) in [6, 6.07) is 19.9. The number of carbonyl (C=O) groups is 10. The number of piperidine rings is 1. The number of likely N-dealkylation sites (tertiary alicyclic amines) is 1. The van der Waals surface area contributed by atoms with Crippen molar-refractivity contribution in [1.82, 2.24) is 4.90 Å². The largest absolute Gasteiger partial charge is 0.762 e. The number of hydrogen-bond acceptors (Lipinski definition) is 27. The smallest absolute Gasteiger partial charge is 0.543 e. The molecule has 0 spiro atoms. The Morgan fingerprint density at radius 3 is 1.41 bits per heavy atom. The van der Waals surface area contributed by atoms with Crippen LogP contribution in [0.25, 0.3) is 20.5 Å². The number of methoxy groups -OCH3 is 2. The lowest BCUT2D eigenvalue weighted by Gasteiger charge is -2.43. The van der Waals surface area contributed by atoms with Crippen molar-refractivity contribution in [3.8, 4) is 27.7 Å². The van der Waals surface area contributed by atoms with Crippen LogP contribution < -0.4 is 13.9 Å². The predicted octanol–water partition coefficient (Wildman–Crippen LogP) is 9.28. The van der Waals surface area contributed by atoms with Gasteiger partial charge in [-0.05, 0) is 130 Å². The number of benzene rings is 3. The second kappa shape index (κ2) is 38.8. The van der Waals surface area contributed by atoms with Crippen LogP contribution in [0.4, 0.5) is 12.9 Å². The maximum Gasteiger partial charge on any atom is 0.762 e. The SMILES string of the molecule is CCOCC.COC(=O)[C@H]1OC(OC(C)=O)[C@H](OC(C)=O)[C@@H](OC(C)=O)[C@@H]1OC(C)=O.COC(=O)[C@H]1O[C@@H](Oc2ccc(-c3sc4cc(O[Si](C)(C)C(C)(C)C)ccc4c3C(=O)c3ccc(OCCN4CCCCC4)cc3)cc2)[C@H](OC(C)=O)[C@@H](OC(C)=O)[C@@H]1OC(C)=O.FB(F)F. The summed E-state index contributed by atoms with van der Waals surface area (Å²) in [5, 5.41) is 0.751. The Morgan fingerprint density at radius 1 is 0.561 bits per heavy atom. The number of carbonyl (C=O) groups excluding carboxylic acids is 10. The van der Waals surface area contributed by atoms with Crippen molar-refractivity contribution in [3.05, 3.63) is 77.9 Å². The summed E-state index contributed by atoms with van der Waals surface area (Å²) >= 11 is 1.46. The van der Waals surface area contributed by atoms with E-state index >= 15 is 0 Å². The topological polar surface area (TPSA) is 312 Å². The molecule has 1 unspecified atom stereocenters. The third-order valence-corrected chi connectivity index (χ3v) is 20.6. The summed E-state index contributed by atoms with van der Waals surface area (Å²) in [6.45, 7) is 27.8. The molecule has 0 radical (unpaired) electrons. The molecular formula is C66H87BF3NO25SSi. The van der Waals surface area contributed by atoms with E-state index in [0.717, 1.165) is 111 Å². The highest BCUT2D eigenvalue weighted by Gasteiger charge is 2.57. The maximum atomic E-state index is 14.6. The third-order valence-electron chi connectivity index (χ3n) is 15.0. The van der Waals surface area contributed by atoms with Gasteiger partial charge in [0, 0.05) is 94.3 Å². The van der Waals surface area contributed by atoms with Crippen molar-refractivity contribution in [2.24, 2.45) is 0 Å². The van der Waals surface area contributed by atoms with Crippen molar-refractivity contribution in [2.75, 3.05) is 53.7 Å². The van der Waals surface area contributed by atoms with Crippen LogP contribution in [0.15, 0.2) is 66.7 Å². The first-order valence-electron chi connectivity index (χ1n) is 31.3. The van der Waals surface area contributed by atoms with Crippen LogP contribution in [0.1, 0.15) is 118 Å². The number of ketones is 1. The fourth-order valence-electron chi connectivity index (χ4n) is 9.88. The molecule has 26 nitrogen and oxygen atoms in total. The van der Waals surface area contributed by atoms with E-state index in [0.29, 0.717) is 33.9 Å². The highest BCUT2D eigenvalue weighted by Crippen LogP contribution is 2.44. The molecule has 3 fully saturated rings. The average Bonchev–Trinajstić information content (AvgIpc) is 1.46. The first-order valence-corrected chi connectivity index (χ1v) is 35.0. The molecule has 3 saturated heterocycles. The zero-order valence-electron chi connectivity index (χ0n) is 57.8. The lowest BCUT2D eigenvalue weighted by molar-refractivity contribution is -0.294. The highest BCUT2D eigenvalue weighted by molar-refractivity contribution is 7.22. The van der Waals surface area contributed by atoms with Gasteiger partial charge in [-0.1, -0.05) is 27.2 Å². The Balaban J connectivity index is 0.000000481. The van der Waals surface area contributed by atoms with E-state index in [1.165, 1.54) is 30.6 Å². The van der Waals surface area contributed by atoms with Crippen molar-refractivity contribution in [2.45, 2.75) is 182 Å². The van der Waals surface area contributed by atoms with E-state index in [-0.39, 0.29) is 16.6 Å². The summed E-state index contributed by atoms with van der Waals surface area (Å²) in [5.41, 5.74) is 1.73. The molecule has 3 aromatic carbocycles. The minimum Gasteiger partial charge on any atom is -0.543 e. The quantitative estimate of drug-likeness (QED) is 0.0306. The van der Waals surface area contributed by atoms with Crippen molar-refractivity contribution >= 4 is 96.8 Å². The molecule has 4 aromatic rings. The highest BCUT2D eigenvalue weighted by atomic mass is 32.1. The van der Waals surface area contributed by atoms with Crippen LogP contribution in [-0.4, -0.2) is 195 Å². The van der Waals surface area contributed by atoms with Gasteiger partial charge in [-0.15, -0.1) is 11.3 Å². The second-order valence-corrected chi connectivity index (χ2v) is 29.3. The van der Waals surface area contributed by atoms with E-state index in [2.05, 4.69) is 43.5 Å². The lowest BCUT2D eigenvalue weighted by Crippen LogP contribution is -2.64. The number of hydrogen-bond donors (Lipinski definition) is 0. The molecule has 0 aliphatic carbocycles. The fraction of sp³-hybridized carbons (Fsp3) is 0.545. The van der Waals surface area contributed by atoms with Crippen LogP contribution in [-0.2, 0) is 100.0 Å². The Morgan fingerprint density at radius 2 is 0.980 bits per heavy atom. The summed E-state index contributed by atoms with van der Waals surface area (Å²) in [7, 11) is -3.68. The molecule has 3 aliphatic rings. The molecule has 0 amide bonds. The maximum absolute atomic E-state index is 14.6. The normalized spacial score (nSPS) is 21.3. The van der Waals surface area contributed by atoms with Crippen molar-refractivity contribution in [3.63, 3.8) is 0 Å². The van der Waals surface area contributed by atoms with Gasteiger partial charge < -0.3 is 70.7 Å². The van der Waals surface area contributed by atoms with Gasteiger partial charge in [0.25, 0.3) is 0 Å². The van der Waals surface area contributed by atoms with Crippen LogP contribution in [0.3, 0.4) is 0 Å². The summed E-state index contributed by atoms with van der Waals surface area (Å²) < 4.78 is 111. The van der Waals surface area contributed by atoms with Crippen LogP contribution in [0.2, 0.25) is 18.1 Å². The van der Waals surface area contributed by atoms with Crippen LogP contribution >= 0.6 is 11.3 Å². The number of esters is 9. The monoisotopic (exact) mass is 1420 g/mol. The minimum absolute atomic E-state index is 0.0244. The standard InChI is InChI=1S/C47H57NO13SSi.C15H20O11.C4H10O.BF3/c1-28(49)56-40-41(57-29(2)50)43(58-30(3)51)46(60-42(40)45(53)54-7)59-34-19-15-32(16-20-34)44-38(36-22-21-35(27-37(36)62-44)61-63(8,9)47(4,5)6)39(52)31-13-17-33(18-14-31)55-26-25-48-23-11-10-12-24-48;1-6(16)22-10-11(23-7(2)17)13(24-8(3)18)15(25-9(4)19)26-12(10)14(20)21-5;1-3-5-4-2;2-1(3)4/h13-22,27,40-43,46H,10-12,23-26H2,1-9H3;10-13,15H,1-5H3;3-4H2,1-2H3;/t40-,41-,42-,43+,46+;10-,11-,12-,13+,15?;;/m00../s1. The van der Waals surface area contributed by atoms with Gasteiger partial charge >= 0.3 is 61.3 Å². The molecule has 0 N–H and O–H groups in total. The van der Waals surface area contributed by atoms with E-state index in [4.69, 9.17) is 66.0 Å². The third kappa shape index (κ3) is 25.0. The van der Waals surface area contributed by atoms with E-state index < -0.39 is 131 Å². The zero-order chi connectivity index (χ0) is 73.4. The van der Waals surface area contributed by atoms with Gasteiger partial charge in [0.05, 0.1) is 14.2 Å². The molecule has 7 rings (SSSR count). The van der Waals surface area contributed by atoms with Crippen LogP contribution in [0.5, 0.6) is 17.2 Å². The fourth-order valence-corrected chi connectivity index (χ4v) is 12.1. The molecule has 32 heteroatoms. The van der Waals surface area contributed by atoms with Gasteiger partial charge in [-0.2, -0.15) is 0 Å². The first-order chi connectivity index (χ1) is 46.1. The molecule has 3 aliphatic heterocycles. The average molecular weight is 1420 g/mol. The van der Waals surface area contributed by atoms with E-state index in [1.54, 1.807) is 36.4 Å². The van der Waals surface area contributed by atoms with Crippen molar-refractivity contribution < 1.29 is 132 Å². The zero-order valence-corrected chi connectivity index (χ0v) is 59.6. The molecule has 540 valence electrons. The Bertz CT molecular complexity index is 3340. The molecule has 98 heavy (non-hydrogen) atoms. The summed E-state index contributed by atoms with van der Waals surface area (Å²) in [5.74, 6) is -6.12. The number of nitrogens with zero attached hydrogens (tertiary/aromatic N) is 1. The summed E-state index contributed by atoms with van der Waals surface area (Å²) in [4.78, 5) is 125. The van der Waals surface area contributed by atoms with Crippen LogP contribution in [0, 0.1) is 0 Å². The molecule has 4 heterocycles. The number of rotatable bonds is 22. The number of halogens is 3. The Hall–Kier alpha value is -8.17. The molecule has 0 saturated carbocycles. The Labute approximate surface area is 572 Å². The lowest BCUT2D eigenvalue weighted by atomic mass is 9.97. The number of thiophene rings is 1. The van der Waals surface area contributed by atoms with E-state index in [1.807, 2.05) is 44.2 Å². The molecule has 0 bridgehead atoms. The van der Waals surface area contributed by atoms with Crippen molar-refractivity contribution in [1.29, 1.82) is 0 Å². The van der Waals surface area contributed by atoms with Gasteiger partial charge in [-0.3, -0.25) is 56.2 Å². The number of ether oxygens (including phenoxy) is 14. The molecular weight excluding hydrogens is 1330 g/mol. The second-order valence-electron chi connectivity index (χ2n) is 23.6. The minimum atomic E-state index is -3.67. The first kappa shape index (κ1) is 82.3. The van der Waals surface area contributed by atoms with E-state index in [9.17, 15) is 60.9 Å². The van der Waals surface area contributed by atoms with Gasteiger partial charge in [0.15, 0.2) is 42.4 Å².